The molecule has 102 valence electrons. The summed E-state index contributed by atoms with van der Waals surface area (Å²) in [4.78, 5) is 0.107. The third kappa shape index (κ3) is 3.79. The van der Waals surface area contributed by atoms with Crippen LogP contribution in [0.5, 0.6) is 0 Å². The molecule has 0 fully saturated rings. The smallest absolute Gasteiger partial charge is 0.242 e. The first-order chi connectivity index (χ1) is 9.09. The Morgan fingerprint density at radius 2 is 2.05 bits per heavy atom. The summed E-state index contributed by atoms with van der Waals surface area (Å²) in [6.45, 7) is 1.01. The van der Waals surface area contributed by atoms with Gasteiger partial charge >= 0.3 is 0 Å². The minimum absolute atomic E-state index is 0.107. The molecule has 2 rings (SSSR count). The van der Waals surface area contributed by atoms with Gasteiger partial charge in [0.1, 0.15) is 4.90 Å². The largest absolute Gasteiger partial charge is 0.273 e. The SMILES string of the molecule is O=S(=O)(NCCCn1cccn1)c1ccccc1Cl. The van der Waals surface area contributed by atoms with Crippen LogP contribution in [0.3, 0.4) is 0 Å². The quantitative estimate of drug-likeness (QED) is 0.829. The van der Waals surface area contributed by atoms with E-state index in [4.69, 9.17) is 11.6 Å². The van der Waals surface area contributed by atoms with Gasteiger partial charge in [-0.2, -0.15) is 5.10 Å². The highest BCUT2D eigenvalue weighted by Crippen LogP contribution is 2.19. The molecule has 0 unspecified atom stereocenters. The Hall–Kier alpha value is -1.37. The van der Waals surface area contributed by atoms with Crippen LogP contribution < -0.4 is 4.72 Å². The van der Waals surface area contributed by atoms with E-state index in [0.29, 0.717) is 19.5 Å². The molecular formula is C12H14ClN3O2S. The van der Waals surface area contributed by atoms with Crippen molar-refractivity contribution in [3.63, 3.8) is 0 Å². The van der Waals surface area contributed by atoms with Crippen LogP contribution >= 0.6 is 11.6 Å². The van der Waals surface area contributed by atoms with Gasteiger partial charge in [0.15, 0.2) is 0 Å². The normalized spacial score (nSPS) is 11.6. The summed E-state index contributed by atoms with van der Waals surface area (Å²) in [6.07, 6.45) is 4.18. The minimum atomic E-state index is -3.54. The number of benzene rings is 1. The van der Waals surface area contributed by atoms with Gasteiger partial charge in [-0.15, -0.1) is 0 Å². The molecule has 5 nitrogen and oxygen atoms in total. The number of nitrogens with zero attached hydrogens (tertiary/aromatic N) is 2. The van der Waals surface area contributed by atoms with Gasteiger partial charge in [-0.25, -0.2) is 13.1 Å². The van der Waals surface area contributed by atoms with E-state index in [9.17, 15) is 8.42 Å². The summed E-state index contributed by atoms with van der Waals surface area (Å²) >= 11 is 5.87. The van der Waals surface area contributed by atoms with E-state index in [-0.39, 0.29) is 9.92 Å². The summed E-state index contributed by atoms with van der Waals surface area (Å²) < 4.78 is 28.3. The van der Waals surface area contributed by atoms with Crippen molar-refractivity contribution in [3.8, 4) is 0 Å². The third-order valence-corrected chi connectivity index (χ3v) is 4.50. The van der Waals surface area contributed by atoms with Gasteiger partial charge in [0.25, 0.3) is 0 Å². The first-order valence-electron chi connectivity index (χ1n) is 5.81. The second-order valence-corrected chi connectivity index (χ2v) is 6.09. The van der Waals surface area contributed by atoms with Crippen molar-refractivity contribution in [2.45, 2.75) is 17.9 Å². The monoisotopic (exact) mass is 299 g/mol. The molecule has 0 saturated heterocycles. The number of hydrogen-bond acceptors (Lipinski definition) is 3. The van der Waals surface area contributed by atoms with Crippen LogP contribution in [-0.2, 0) is 16.6 Å². The van der Waals surface area contributed by atoms with Crippen LogP contribution in [-0.4, -0.2) is 24.7 Å². The van der Waals surface area contributed by atoms with Crippen molar-refractivity contribution < 1.29 is 8.42 Å². The molecule has 7 heteroatoms. The number of rotatable bonds is 6. The molecule has 1 N–H and O–H groups in total. The van der Waals surface area contributed by atoms with Crippen molar-refractivity contribution in [1.82, 2.24) is 14.5 Å². The molecule has 0 aliphatic rings. The van der Waals surface area contributed by atoms with E-state index in [0.717, 1.165) is 0 Å². The van der Waals surface area contributed by atoms with E-state index < -0.39 is 10.0 Å². The lowest BCUT2D eigenvalue weighted by Crippen LogP contribution is -2.25. The number of hydrogen-bond donors (Lipinski definition) is 1. The van der Waals surface area contributed by atoms with E-state index in [1.165, 1.54) is 6.07 Å². The van der Waals surface area contributed by atoms with Crippen molar-refractivity contribution in [1.29, 1.82) is 0 Å². The number of aryl methyl sites for hydroxylation is 1. The summed E-state index contributed by atoms with van der Waals surface area (Å²) in [7, 11) is -3.54. The van der Waals surface area contributed by atoms with Crippen molar-refractivity contribution >= 4 is 21.6 Å². The highest BCUT2D eigenvalue weighted by Gasteiger charge is 2.16. The van der Waals surface area contributed by atoms with Gasteiger partial charge in [0.05, 0.1) is 5.02 Å². The fourth-order valence-corrected chi connectivity index (χ4v) is 3.21. The van der Waals surface area contributed by atoms with Crippen LogP contribution in [0.15, 0.2) is 47.6 Å². The predicted molar refractivity (Wildman–Crippen MR) is 73.5 cm³/mol. The van der Waals surface area contributed by atoms with Crippen LogP contribution in [0.4, 0.5) is 0 Å². The van der Waals surface area contributed by atoms with Gasteiger partial charge < -0.3 is 0 Å². The summed E-state index contributed by atoms with van der Waals surface area (Å²) in [5.74, 6) is 0. The fraction of sp³-hybridized carbons (Fsp3) is 0.250. The van der Waals surface area contributed by atoms with Crippen molar-refractivity contribution in [2.75, 3.05) is 6.54 Å². The highest BCUT2D eigenvalue weighted by molar-refractivity contribution is 7.89. The Morgan fingerprint density at radius 1 is 1.26 bits per heavy atom. The lowest BCUT2D eigenvalue weighted by molar-refractivity contribution is 0.553. The van der Waals surface area contributed by atoms with Gasteiger partial charge in [-0.3, -0.25) is 4.68 Å². The molecular weight excluding hydrogens is 286 g/mol. The molecule has 1 aromatic heterocycles. The lowest BCUT2D eigenvalue weighted by atomic mass is 10.4. The average Bonchev–Trinajstić information content (AvgIpc) is 2.88. The Balaban J connectivity index is 1.90. The van der Waals surface area contributed by atoms with E-state index in [2.05, 4.69) is 9.82 Å². The Bertz CT molecular complexity index is 626. The maximum absolute atomic E-state index is 12.0. The third-order valence-electron chi connectivity index (χ3n) is 2.54. The fourth-order valence-electron chi connectivity index (χ4n) is 1.62. The molecule has 1 aromatic carbocycles. The number of sulfonamides is 1. The second kappa shape index (κ2) is 6.18. The summed E-state index contributed by atoms with van der Waals surface area (Å²) in [5, 5.41) is 4.26. The maximum atomic E-state index is 12.0. The zero-order chi connectivity index (χ0) is 13.7. The van der Waals surface area contributed by atoms with Crippen molar-refractivity contribution in [2.24, 2.45) is 0 Å². The van der Waals surface area contributed by atoms with Gasteiger partial charge in [-0.05, 0) is 24.6 Å². The van der Waals surface area contributed by atoms with E-state index in [1.807, 2.05) is 12.3 Å². The molecule has 19 heavy (non-hydrogen) atoms. The van der Waals surface area contributed by atoms with E-state index in [1.54, 1.807) is 29.1 Å². The molecule has 0 aliphatic carbocycles. The number of halogens is 1. The summed E-state index contributed by atoms with van der Waals surface area (Å²) in [6, 6.07) is 8.20. The topological polar surface area (TPSA) is 64.0 Å². The van der Waals surface area contributed by atoms with Gasteiger partial charge in [0, 0.05) is 25.5 Å². The molecule has 2 aromatic rings. The first kappa shape index (κ1) is 14.0. The van der Waals surface area contributed by atoms with Crippen LogP contribution in [0, 0.1) is 0 Å². The molecule has 0 bridgehead atoms. The van der Waals surface area contributed by atoms with Crippen LogP contribution in [0.25, 0.3) is 0 Å². The van der Waals surface area contributed by atoms with Gasteiger partial charge in [0.2, 0.25) is 10.0 Å². The lowest BCUT2D eigenvalue weighted by Gasteiger charge is -2.08. The number of aromatic nitrogens is 2. The Kier molecular flexibility index (Phi) is 4.57. The molecule has 0 radical (unpaired) electrons. The van der Waals surface area contributed by atoms with Crippen molar-refractivity contribution in [3.05, 3.63) is 47.7 Å². The van der Waals surface area contributed by atoms with Crippen LogP contribution in [0.1, 0.15) is 6.42 Å². The zero-order valence-corrected chi connectivity index (χ0v) is 11.7. The minimum Gasteiger partial charge on any atom is -0.273 e. The van der Waals surface area contributed by atoms with E-state index >= 15 is 0 Å². The Labute approximate surface area is 117 Å². The second-order valence-electron chi connectivity index (χ2n) is 3.95. The van der Waals surface area contributed by atoms with Gasteiger partial charge in [-0.1, -0.05) is 23.7 Å². The molecule has 0 amide bonds. The maximum Gasteiger partial charge on any atom is 0.242 e. The summed E-state index contributed by atoms with van der Waals surface area (Å²) in [5.41, 5.74) is 0. The molecule has 0 saturated carbocycles. The highest BCUT2D eigenvalue weighted by atomic mass is 35.5. The average molecular weight is 300 g/mol. The Morgan fingerprint density at radius 3 is 2.74 bits per heavy atom. The predicted octanol–water partition coefficient (Wildman–Crippen LogP) is 1.91. The molecule has 1 heterocycles. The molecule has 0 aliphatic heterocycles. The first-order valence-corrected chi connectivity index (χ1v) is 7.67. The molecule has 0 spiro atoms. The standard InChI is InChI=1S/C12H14ClN3O2S/c13-11-5-1-2-6-12(11)19(17,18)15-8-4-10-16-9-3-7-14-16/h1-3,5-7,9,15H,4,8,10H2. The zero-order valence-electron chi connectivity index (χ0n) is 10.2. The number of nitrogens with one attached hydrogen (secondary N) is 1. The molecule has 0 atom stereocenters. The van der Waals surface area contributed by atoms with Crippen LogP contribution in [0.2, 0.25) is 5.02 Å².